The van der Waals surface area contributed by atoms with E-state index in [4.69, 9.17) is 0 Å². The van der Waals surface area contributed by atoms with Crippen LogP contribution in [0.2, 0.25) is 0 Å². The highest BCUT2D eigenvalue weighted by molar-refractivity contribution is 7.90. The molecule has 0 bridgehead atoms. The van der Waals surface area contributed by atoms with Gasteiger partial charge in [0.1, 0.15) is 28.7 Å². The Labute approximate surface area is 227 Å². The summed E-state index contributed by atoms with van der Waals surface area (Å²) in [4.78, 5) is 25.4. The van der Waals surface area contributed by atoms with Crippen molar-refractivity contribution in [3.05, 3.63) is 90.1 Å². The summed E-state index contributed by atoms with van der Waals surface area (Å²) in [7, 11) is -3.45. The number of aromatic nitrogens is 6. The molecule has 13 heteroatoms. The molecule has 1 N–H and O–H groups in total. The van der Waals surface area contributed by atoms with E-state index in [1.165, 1.54) is 42.7 Å². The maximum Gasteiger partial charge on any atom is 0.253 e. The van der Waals surface area contributed by atoms with Crippen molar-refractivity contribution in [2.75, 3.05) is 6.26 Å². The Balaban J connectivity index is 1.27. The Kier molecular flexibility index (Phi) is 6.29. The highest BCUT2D eigenvalue weighted by atomic mass is 32.2. The van der Waals surface area contributed by atoms with Gasteiger partial charge in [-0.1, -0.05) is 12.1 Å². The predicted octanol–water partition coefficient (Wildman–Crippen LogP) is 3.63. The minimum Gasteiger partial charge on any atom is -0.349 e. The number of sulfone groups is 1. The molecule has 4 heterocycles. The lowest BCUT2D eigenvalue weighted by Crippen LogP contribution is -2.44. The normalized spacial score (nSPS) is 17.0. The zero-order valence-electron chi connectivity index (χ0n) is 21.0. The van der Waals surface area contributed by atoms with Crippen LogP contribution in [0.3, 0.4) is 0 Å². The standard InChI is InChI=1S/C27H21F2N7O3S/c1-40(38,39)18-6-7-21(31-14-18)26-35-34-25(36(26)23-5-3-2-4-20(23)29)15-10-17(11-15)33-27(37)19-8-9-30-22-12-16(28)13-32-24(19)22/h2-9,12-15,17H,10-11H2,1H3,(H,33,37). The molecule has 1 amide bonds. The van der Waals surface area contributed by atoms with Gasteiger partial charge < -0.3 is 5.32 Å². The number of nitrogens with one attached hydrogen (secondary N) is 1. The molecule has 0 unspecified atom stereocenters. The fraction of sp³-hybridized carbons (Fsp3) is 0.185. The number of pyridine rings is 3. The van der Waals surface area contributed by atoms with Crippen molar-refractivity contribution in [3.8, 4) is 17.2 Å². The summed E-state index contributed by atoms with van der Waals surface area (Å²) in [5, 5.41) is 11.6. The molecular weight excluding hydrogens is 540 g/mol. The predicted molar refractivity (Wildman–Crippen MR) is 140 cm³/mol. The second-order valence-electron chi connectivity index (χ2n) is 9.54. The first kappa shape index (κ1) is 25.6. The number of carbonyl (C=O) groups is 1. The Morgan fingerprint density at radius 1 is 1.00 bits per heavy atom. The summed E-state index contributed by atoms with van der Waals surface area (Å²) < 4.78 is 53.8. The molecule has 1 fully saturated rings. The van der Waals surface area contributed by atoms with E-state index in [1.807, 2.05) is 0 Å². The summed E-state index contributed by atoms with van der Waals surface area (Å²) in [5.74, 6) is -0.793. The zero-order chi connectivity index (χ0) is 28.0. The molecule has 1 saturated carbocycles. The van der Waals surface area contributed by atoms with Gasteiger partial charge in [0, 0.05) is 36.7 Å². The Hall–Kier alpha value is -4.65. The largest absolute Gasteiger partial charge is 0.349 e. The number of benzene rings is 1. The van der Waals surface area contributed by atoms with E-state index in [2.05, 4.69) is 30.5 Å². The van der Waals surface area contributed by atoms with Crippen LogP contribution >= 0.6 is 0 Å². The third-order valence-corrected chi connectivity index (χ3v) is 7.90. The third kappa shape index (κ3) is 4.68. The molecule has 40 heavy (non-hydrogen) atoms. The topological polar surface area (TPSA) is 133 Å². The smallest absolute Gasteiger partial charge is 0.253 e. The van der Waals surface area contributed by atoms with Gasteiger partial charge in [-0.2, -0.15) is 0 Å². The van der Waals surface area contributed by atoms with Crippen LogP contribution in [0.5, 0.6) is 0 Å². The van der Waals surface area contributed by atoms with Crippen molar-refractivity contribution in [2.45, 2.75) is 29.7 Å². The van der Waals surface area contributed by atoms with E-state index in [0.717, 1.165) is 12.5 Å². The maximum atomic E-state index is 15.0. The first-order chi connectivity index (χ1) is 19.2. The van der Waals surface area contributed by atoms with E-state index in [-0.39, 0.29) is 45.4 Å². The zero-order valence-corrected chi connectivity index (χ0v) is 21.8. The molecule has 1 aromatic carbocycles. The van der Waals surface area contributed by atoms with Crippen molar-refractivity contribution in [3.63, 3.8) is 0 Å². The number of rotatable bonds is 6. The average molecular weight is 562 g/mol. The lowest BCUT2D eigenvalue weighted by molar-refractivity contribution is 0.0908. The molecule has 6 rings (SSSR count). The van der Waals surface area contributed by atoms with Gasteiger partial charge in [-0.15, -0.1) is 10.2 Å². The first-order valence-corrected chi connectivity index (χ1v) is 14.2. The number of hydrogen-bond donors (Lipinski definition) is 1. The third-order valence-electron chi connectivity index (χ3n) is 6.80. The number of fused-ring (bicyclic) bond motifs is 1. The minimum absolute atomic E-state index is 0.0494. The molecule has 0 saturated heterocycles. The van der Waals surface area contributed by atoms with Crippen molar-refractivity contribution >= 4 is 26.8 Å². The molecular formula is C27H21F2N7O3S. The van der Waals surface area contributed by atoms with Gasteiger partial charge in [0.25, 0.3) is 5.91 Å². The van der Waals surface area contributed by atoms with Gasteiger partial charge in [-0.25, -0.2) is 17.2 Å². The molecule has 202 valence electrons. The fourth-order valence-corrected chi connectivity index (χ4v) is 5.29. The molecule has 10 nitrogen and oxygen atoms in total. The number of hydrogen-bond acceptors (Lipinski definition) is 8. The Morgan fingerprint density at radius 3 is 2.52 bits per heavy atom. The maximum absolute atomic E-state index is 15.0. The van der Waals surface area contributed by atoms with Crippen molar-refractivity contribution in [1.82, 2.24) is 35.0 Å². The highest BCUT2D eigenvalue weighted by Crippen LogP contribution is 2.39. The van der Waals surface area contributed by atoms with Crippen LogP contribution in [0.15, 0.2) is 72.0 Å². The van der Waals surface area contributed by atoms with Crippen molar-refractivity contribution in [2.24, 2.45) is 0 Å². The summed E-state index contributed by atoms with van der Waals surface area (Å²) >= 11 is 0. The van der Waals surface area contributed by atoms with E-state index in [9.17, 15) is 22.0 Å². The Morgan fingerprint density at radius 2 is 1.80 bits per heavy atom. The van der Waals surface area contributed by atoms with E-state index < -0.39 is 21.5 Å². The molecule has 1 aliphatic rings. The summed E-state index contributed by atoms with van der Waals surface area (Å²) in [6.07, 6.45) is 5.82. The first-order valence-electron chi connectivity index (χ1n) is 12.3. The van der Waals surface area contributed by atoms with Crippen LogP contribution in [-0.2, 0) is 9.84 Å². The number of carbonyl (C=O) groups excluding carboxylic acids is 1. The molecule has 0 aliphatic heterocycles. The molecule has 0 radical (unpaired) electrons. The van der Waals surface area contributed by atoms with Crippen LogP contribution in [0, 0.1) is 11.6 Å². The monoisotopic (exact) mass is 561 g/mol. The van der Waals surface area contributed by atoms with Gasteiger partial charge in [-0.05, 0) is 43.2 Å². The van der Waals surface area contributed by atoms with Crippen molar-refractivity contribution < 1.29 is 22.0 Å². The van der Waals surface area contributed by atoms with E-state index in [1.54, 1.807) is 22.8 Å². The number of para-hydroxylation sites is 1. The van der Waals surface area contributed by atoms with Gasteiger partial charge >= 0.3 is 0 Å². The molecule has 1 aliphatic carbocycles. The van der Waals surface area contributed by atoms with E-state index in [0.29, 0.717) is 29.9 Å². The average Bonchev–Trinajstić information content (AvgIpc) is 3.34. The second kappa shape index (κ2) is 9.83. The number of amides is 1. The molecule has 5 aromatic rings. The number of halogens is 2. The second-order valence-corrected chi connectivity index (χ2v) is 11.6. The van der Waals surface area contributed by atoms with Gasteiger partial charge in [0.2, 0.25) is 0 Å². The lowest BCUT2D eigenvalue weighted by Gasteiger charge is -2.35. The van der Waals surface area contributed by atoms with E-state index >= 15 is 0 Å². The quantitative estimate of drug-likeness (QED) is 0.332. The van der Waals surface area contributed by atoms with Crippen LogP contribution in [0.4, 0.5) is 8.78 Å². The highest BCUT2D eigenvalue weighted by Gasteiger charge is 2.37. The van der Waals surface area contributed by atoms with Crippen LogP contribution in [0.25, 0.3) is 28.2 Å². The van der Waals surface area contributed by atoms with Crippen LogP contribution < -0.4 is 5.32 Å². The summed E-state index contributed by atoms with van der Waals surface area (Å²) in [6, 6.07) is 11.7. The number of nitrogens with zero attached hydrogens (tertiary/aromatic N) is 6. The van der Waals surface area contributed by atoms with Crippen LogP contribution in [0.1, 0.15) is 34.9 Å². The summed E-state index contributed by atoms with van der Waals surface area (Å²) in [5.41, 5.74) is 1.42. The molecule has 0 spiro atoms. The van der Waals surface area contributed by atoms with Gasteiger partial charge in [0.05, 0.1) is 27.9 Å². The minimum atomic E-state index is -3.45. The summed E-state index contributed by atoms with van der Waals surface area (Å²) in [6.45, 7) is 0. The van der Waals surface area contributed by atoms with Gasteiger partial charge in [-0.3, -0.25) is 24.3 Å². The Bertz CT molecular complexity index is 1870. The van der Waals surface area contributed by atoms with Crippen molar-refractivity contribution in [1.29, 1.82) is 0 Å². The SMILES string of the molecule is CS(=O)(=O)c1ccc(-c2nnc(C3CC(NC(=O)c4ccnc5cc(F)cnc45)C3)n2-c2ccccc2F)nc1. The molecule has 4 aromatic heterocycles. The lowest BCUT2D eigenvalue weighted by atomic mass is 9.79. The fourth-order valence-electron chi connectivity index (χ4n) is 4.73. The van der Waals surface area contributed by atoms with Crippen LogP contribution in [-0.4, -0.2) is 56.3 Å². The molecule has 0 atom stereocenters. The van der Waals surface area contributed by atoms with Gasteiger partial charge in [0.15, 0.2) is 15.7 Å².